The number of nitrogens with one attached hydrogen (secondary N) is 1. The monoisotopic (exact) mass is 451 g/mol. The number of aliphatic hydroxyl groups excluding tert-OH is 1. The van der Waals surface area contributed by atoms with E-state index in [-0.39, 0.29) is 18.3 Å². The van der Waals surface area contributed by atoms with Crippen molar-refractivity contribution in [3.05, 3.63) is 95.2 Å². The van der Waals surface area contributed by atoms with Crippen LogP contribution in [0.2, 0.25) is 0 Å². The number of aliphatic hydroxyl groups is 1. The van der Waals surface area contributed by atoms with Gasteiger partial charge in [0.05, 0.1) is 18.0 Å². The number of nitrogens with zero attached hydrogens (tertiary/aromatic N) is 2. The molecule has 6 heteroatoms. The van der Waals surface area contributed by atoms with Gasteiger partial charge < -0.3 is 15.5 Å². The second kappa shape index (κ2) is 9.45. The number of carbonyl (C=O) groups excluding carboxylic acids is 1. The first-order valence-electron chi connectivity index (χ1n) is 11.4. The van der Waals surface area contributed by atoms with E-state index in [1.807, 2.05) is 48.5 Å². The van der Waals surface area contributed by atoms with Crippen molar-refractivity contribution in [3.63, 3.8) is 0 Å². The number of phenolic OH excluding ortho intramolecular Hbond substituents is 1. The van der Waals surface area contributed by atoms with Crippen molar-refractivity contribution in [2.75, 3.05) is 5.32 Å². The zero-order valence-corrected chi connectivity index (χ0v) is 18.7. The number of benzene rings is 3. The number of rotatable bonds is 6. The summed E-state index contributed by atoms with van der Waals surface area (Å²) in [5.74, 6) is 0.463. The molecule has 0 atom stereocenters. The third-order valence-electron chi connectivity index (χ3n) is 6.09. The van der Waals surface area contributed by atoms with Gasteiger partial charge in [-0.15, -0.1) is 0 Å². The lowest BCUT2D eigenvalue weighted by Crippen LogP contribution is -2.17. The summed E-state index contributed by atoms with van der Waals surface area (Å²) in [7, 11) is 0. The lowest BCUT2D eigenvalue weighted by atomic mass is 9.90. The smallest absolute Gasteiger partial charge is 0.225 e. The second-order valence-electron chi connectivity index (χ2n) is 8.45. The van der Waals surface area contributed by atoms with Gasteiger partial charge in [0.2, 0.25) is 5.91 Å². The number of hydrogen-bond acceptors (Lipinski definition) is 5. The largest absolute Gasteiger partial charge is 0.508 e. The zero-order chi connectivity index (χ0) is 23.5. The molecule has 3 N–H and O–H groups in total. The molecule has 0 fully saturated rings. The molecule has 34 heavy (non-hydrogen) atoms. The molecule has 0 spiro atoms. The van der Waals surface area contributed by atoms with Crippen LogP contribution in [0.15, 0.2) is 72.8 Å². The molecule has 1 aromatic heterocycles. The minimum atomic E-state index is -0.123. The Labute approximate surface area is 198 Å². The Morgan fingerprint density at radius 3 is 2.44 bits per heavy atom. The first kappa shape index (κ1) is 21.8. The van der Waals surface area contributed by atoms with Crippen LogP contribution in [0.5, 0.6) is 5.75 Å². The minimum absolute atomic E-state index is 0.00146. The van der Waals surface area contributed by atoms with E-state index in [4.69, 9.17) is 9.97 Å². The molecule has 0 unspecified atom stereocenters. The van der Waals surface area contributed by atoms with Crippen LogP contribution in [0.4, 0.5) is 5.82 Å². The van der Waals surface area contributed by atoms with E-state index in [2.05, 4.69) is 5.32 Å². The number of aromatic nitrogens is 2. The maximum absolute atomic E-state index is 12.8. The van der Waals surface area contributed by atoms with Gasteiger partial charge in [0.1, 0.15) is 11.4 Å². The molecule has 3 aromatic carbocycles. The fourth-order valence-electron chi connectivity index (χ4n) is 4.30. The molecule has 6 nitrogen and oxygen atoms in total. The summed E-state index contributed by atoms with van der Waals surface area (Å²) in [6, 6.07) is 22.5. The number of fused-ring (bicyclic) bond motifs is 3. The summed E-state index contributed by atoms with van der Waals surface area (Å²) >= 11 is 0. The Morgan fingerprint density at radius 2 is 1.68 bits per heavy atom. The predicted octanol–water partition coefficient (Wildman–Crippen LogP) is 4.68. The summed E-state index contributed by atoms with van der Waals surface area (Å²) in [4.78, 5) is 22.6. The highest BCUT2D eigenvalue weighted by Crippen LogP contribution is 2.36. The van der Waals surface area contributed by atoms with Gasteiger partial charge in [-0.1, -0.05) is 48.5 Å². The van der Waals surface area contributed by atoms with Gasteiger partial charge in [0.25, 0.3) is 0 Å². The number of amides is 1. The molecule has 4 aromatic rings. The number of carbonyl (C=O) groups is 1. The van der Waals surface area contributed by atoms with Gasteiger partial charge >= 0.3 is 0 Å². The number of phenols is 1. The van der Waals surface area contributed by atoms with Crippen LogP contribution in [0, 0.1) is 0 Å². The van der Waals surface area contributed by atoms with Gasteiger partial charge in [-0.3, -0.25) is 4.79 Å². The molecule has 1 aliphatic carbocycles. The fourth-order valence-corrected chi connectivity index (χ4v) is 4.30. The third kappa shape index (κ3) is 4.54. The number of anilines is 1. The summed E-state index contributed by atoms with van der Waals surface area (Å²) in [5.41, 5.74) is 7.04. The molecular weight excluding hydrogens is 426 g/mol. The highest BCUT2D eigenvalue weighted by molar-refractivity contribution is 5.94. The van der Waals surface area contributed by atoms with Crippen molar-refractivity contribution in [3.8, 4) is 28.3 Å². The SMILES string of the molecule is O=C(CCc1ccccc1)Nc1nc2c(nc1-c1ccc(O)cc1)-c1ccc(CO)cc1CC2. The quantitative estimate of drug-likeness (QED) is 0.396. The van der Waals surface area contributed by atoms with Crippen LogP contribution >= 0.6 is 0 Å². The van der Waals surface area contributed by atoms with Gasteiger partial charge in [0, 0.05) is 17.5 Å². The molecule has 0 saturated heterocycles. The lowest BCUT2D eigenvalue weighted by molar-refractivity contribution is -0.116. The topological polar surface area (TPSA) is 95.3 Å². The highest BCUT2D eigenvalue weighted by Gasteiger charge is 2.23. The van der Waals surface area contributed by atoms with Crippen molar-refractivity contribution in [2.45, 2.75) is 32.3 Å². The minimum Gasteiger partial charge on any atom is -0.508 e. The Hall–Kier alpha value is -4.03. The van der Waals surface area contributed by atoms with Crippen LogP contribution < -0.4 is 5.32 Å². The first-order chi connectivity index (χ1) is 16.6. The summed E-state index contributed by atoms with van der Waals surface area (Å²) in [6.07, 6.45) is 2.47. The van der Waals surface area contributed by atoms with E-state index in [1.54, 1.807) is 24.3 Å². The summed E-state index contributed by atoms with van der Waals surface area (Å²) in [5, 5.41) is 22.2. The molecule has 0 aliphatic heterocycles. The van der Waals surface area contributed by atoms with E-state index in [0.717, 1.165) is 45.6 Å². The second-order valence-corrected chi connectivity index (χ2v) is 8.45. The Bertz CT molecular complexity index is 1340. The van der Waals surface area contributed by atoms with Crippen molar-refractivity contribution in [1.29, 1.82) is 0 Å². The van der Waals surface area contributed by atoms with Gasteiger partial charge in [-0.2, -0.15) is 0 Å². The maximum Gasteiger partial charge on any atom is 0.225 e. The van der Waals surface area contributed by atoms with Crippen LogP contribution in [0.1, 0.15) is 28.8 Å². The van der Waals surface area contributed by atoms with Gasteiger partial charge in [-0.25, -0.2) is 9.97 Å². The Kier molecular flexibility index (Phi) is 6.06. The average Bonchev–Trinajstić information content (AvgIpc) is 2.88. The normalized spacial score (nSPS) is 12.0. The van der Waals surface area contributed by atoms with Crippen LogP contribution in [0.3, 0.4) is 0 Å². The van der Waals surface area contributed by atoms with Crippen molar-refractivity contribution in [2.24, 2.45) is 0 Å². The molecule has 1 heterocycles. The van der Waals surface area contributed by atoms with E-state index >= 15 is 0 Å². The fraction of sp³-hybridized carbons (Fsp3) is 0.179. The lowest BCUT2D eigenvalue weighted by Gasteiger charge is -2.21. The Balaban J connectivity index is 1.50. The predicted molar refractivity (Wildman–Crippen MR) is 131 cm³/mol. The van der Waals surface area contributed by atoms with E-state index in [9.17, 15) is 15.0 Å². The van der Waals surface area contributed by atoms with E-state index < -0.39 is 0 Å². The number of aromatic hydroxyl groups is 1. The molecule has 1 amide bonds. The average molecular weight is 452 g/mol. The number of hydrogen-bond donors (Lipinski definition) is 3. The Morgan fingerprint density at radius 1 is 0.882 bits per heavy atom. The molecule has 0 saturated carbocycles. The standard InChI is InChI=1S/C28H25N3O3/c32-17-19-6-13-23-21(16-19)10-14-24-27(23)31-26(20-8-11-22(33)12-9-20)28(29-24)30-25(34)15-7-18-4-2-1-3-5-18/h1-6,8-9,11-13,16,32-33H,7,10,14-15,17H2,(H,29,30,34). The van der Waals surface area contributed by atoms with Crippen molar-refractivity contribution >= 4 is 11.7 Å². The van der Waals surface area contributed by atoms with Crippen LogP contribution in [-0.4, -0.2) is 26.1 Å². The van der Waals surface area contributed by atoms with Gasteiger partial charge in [-0.05, 0) is 60.2 Å². The maximum atomic E-state index is 12.8. The molecule has 170 valence electrons. The molecule has 0 radical (unpaired) electrons. The molecule has 0 bridgehead atoms. The van der Waals surface area contributed by atoms with Gasteiger partial charge in [0.15, 0.2) is 5.82 Å². The summed E-state index contributed by atoms with van der Waals surface area (Å²) in [6.45, 7) is -0.00146. The number of aryl methyl sites for hydroxylation is 3. The zero-order valence-electron chi connectivity index (χ0n) is 18.7. The molecule has 5 rings (SSSR count). The van der Waals surface area contributed by atoms with Crippen LogP contribution in [0.25, 0.3) is 22.5 Å². The van der Waals surface area contributed by atoms with Crippen molar-refractivity contribution < 1.29 is 15.0 Å². The molecular formula is C28H25N3O3. The van der Waals surface area contributed by atoms with Crippen LogP contribution in [-0.2, 0) is 30.7 Å². The first-order valence-corrected chi connectivity index (χ1v) is 11.4. The van der Waals surface area contributed by atoms with Crippen molar-refractivity contribution in [1.82, 2.24) is 9.97 Å². The van der Waals surface area contributed by atoms with E-state index in [1.165, 1.54) is 0 Å². The summed E-state index contributed by atoms with van der Waals surface area (Å²) < 4.78 is 0. The molecule has 1 aliphatic rings. The highest BCUT2D eigenvalue weighted by atomic mass is 16.3. The van der Waals surface area contributed by atoms with E-state index in [0.29, 0.717) is 30.8 Å². The third-order valence-corrected chi connectivity index (χ3v) is 6.09.